The highest BCUT2D eigenvalue weighted by Gasteiger charge is 2.41. The zero-order valence-corrected chi connectivity index (χ0v) is 46.3. The fraction of sp³-hybridized carbons (Fsp3) is 0.114. The number of nitrogens with zero attached hydrogens (tertiary/aromatic N) is 4. The van der Waals surface area contributed by atoms with E-state index in [9.17, 15) is 71.1 Å². The number of nitriles is 1. The van der Waals surface area contributed by atoms with Crippen molar-refractivity contribution in [3.63, 3.8) is 0 Å². The van der Waals surface area contributed by atoms with Crippen molar-refractivity contribution < 1.29 is 65.9 Å². The van der Waals surface area contributed by atoms with Gasteiger partial charge in [0.1, 0.15) is 11.6 Å². The molecular weight excluding hydrogens is 1180 g/mol. The van der Waals surface area contributed by atoms with Gasteiger partial charge in [0, 0.05) is 27.1 Å². The van der Waals surface area contributed by atoms with E-state index in [-0.39, 0.29) is 73.3 Å². The molecule has 0 saturated heterocycles. The zero-order chi connectivity index (χ0) is 63.6. The van der Waals surface area contributed by atoms with Gasteiger partial charge in [0.05, 0.1) is 67.8 Å². The molecule has 4 nitrogen and oxygen atoms in total. The molecule has 0 aliphatic carbocycles. The van der Waals surface area contributed by atoms with Crippen LogP contribution in [-0.4, -0.2) is 9.13 Å². The summed E-state index contributed by atoms with van der Waals surface area (Å²) in [7, 11) is 0. The Balaban J connectivity index is 1.19. The van der Waals surface area contributed by atoms with Crippen LogP contribution in [0.15, 0.2) is 182 Å². The number of hydrogen-bond donors (Lipinski definition) is 0. The highest BCUT2D eigenvalue weighted by Crippen LogP contribution is 2.49. The van der Waals surface area contributed by atoms with E-state index >= 15 is 0 Å². The van der Waals surface area contributed by atoms with Gasteiger partial charge in [-0.2, -0.15) is 71.1 Å². The van der Waals surface area contributed by atoms with Gasteiger partial charge in [0.15, 0.2) is 5.69 Å². The Bertz CT molecular complexity index is 5020. The van der Waals surface area contributed by atoms with Crippen LogP contribution < -0.4 is 0 Å². The van der Waals surface area contributed by atoms with Crippen molar-refractivity contribution in [1.29, 1.82) is 5.26 Å². The zero-order valence-electron chi connectivity index (χ0n) is 46.3. The van der Waals surface area contributed by atoms with Gasteiger partial charge in [-0.25, -0.2) is 4.85 Å². The second-order valence-electron chi connectivity index (χ2n) is 21.6. The summed E-state index contributed by atoms with van der Waals surface area (Å²) in [5.74, 6) is 0. The lowest BCUT2D eigenvalue weighted by Gasteiger charge is -2.20. The molecule has 0 aliphatic heterocycles. The molecule has 0 amide bonds. The van der Waals surface area contributed by atoms with E-state index in [0.29, 0.717) is 67.8 Å². The number of aryl methyl sites for hydroxylation is 3. The third kappa shape index (κ3) is 10.4. The van der Waals surface area contributed by atoms with Crippen molar-refractivity contribution in [2.45, 2.75) is 51.7 Å². The molecule has 89 heavy (non-hydrogen) atoms. The average molecular weight is 1220 g/mol. The maximum Gasteiger partial charge on any atom is 0.417 e. The molecule has 0 atom stereocenters. The number of hydrogen-bond acceptors (Lipinski definition) is 1. The molecule has 0 aliphatic rings. The molecule has 0 unspecified atom stereocenters. The number of rotatable bonds is 7. The lowest BCUT2D eigenvalue weighted by Crippen LogP contribution is -2.12. The summed E-state index contributed by atoms with van der Waals surface area (Å²) in [6.07, 6.45) is -25.5. The standard InChI is InChI=1S/C70H39F15N4/c1-36-8-16-48(37(2)26-36)40-9-21-60-53(29-40)54-31-42(50-18-14-45(67(74,75)76)33-58(50)69(80,81)82)11-22-61(54)88(60)64-25-20-52(39-6-5-7-47(28-39)87-4)65(57(64)35-86)89-62-23-10-41(49-17-13-44(27-38(49)3)66(71,72)73)30-55(62)56-32-43(12-24-63(56)89)51-19-15-46(68(77,78)79)34-59(51)70(83,84)85/h5-34H,1-3H3. The topological polar surface area (TPSA) is 38.0 Å². The minimum Gasteiger partial charge on any atom is -0.308 e. The van der Waals surface area contributed by atoms with Gasteiger partial charge in [0.2, 0.25) is 0 Å². The summed E-state index contributed by atoms with van der Waals surface area (Å²) in [5, 5.41) is 13.1. The first-order valence-electron chi connectivity index (χ1n) is 27.0. The highest BCUT2D eigenvalue weighted by atomic mass is 19.4. The van der Waals surface area contributed by atoms with E-state index in [0.717, 1.165) is 34.9 Å². The summed E-state index contributed by atoms with van der Waals surface area (Å²) < 4.78 is 219. The predicted molar refractivity (Wildman–Crippen MR) is 312 cm³/mol. The van der Waals surface area contributed by atoms with Gasteiger partial charge < -0.3 is 9.13 Å². The largest absolute Gasteiger partial charge is 0.417 e. The first kappa shape index (κ1) is 59.1. The molecule has 0 radical (unpaired) electrons. The van der Waals surface area contributed by atoms with Gasteiger partial charge >= 0.3 is 30.9 Å². The lowest BCUT2D eigenvalue weighted by molar-refractivity contribution is -0.144. The molecule has 10 aromatic carbocycles. The van der Waals surface area contributed by atoms with Gasteiger partial charge in [-0.3, -0.25) is 0 Å². The van der Waals surface area contributed by atoms with E-state index < -0.39 is 69.8 Å². The van der Waals surface area contributed by atoms with Crippen LogP contribution in [0.4, 0.5) is 71.5 Å². The van der Waals surface area contributed by atoms with E-state index in [1.165, 1.54) is 49.4 Å². The van der Waals surface area contributed by atoms with Crippen LogP contribution in [0.5, 0.6) is 0 Å². The molecular formula is C70H39F15N4. The lowest BCUT2D eigenvalue weighted by atomic mass is 9.94. The normalized spacial score (nSPS) is 12.6. The Labute approximate surface area is 496 Å². The molecule has 12 aromatic rings. The van der Waals surface area contributed by atoms with Crippen LogP contribution in [0.3, 0.4) is 0 Å². The average Bonchev–Trinajstić information content (AvgIpc) is 1.60. The van der Waals surface area contributed by atoms with Crippen molar-refractivity contribution in [2.24, 2.45) is 0 Å². The van der Waals surface area contributed by atoms with E-state index in [1.807, 2.05) is 44.2 Å². The number of benzene rings is 10. The molecule has 0 N–H and O–H groups in total. The highest BCUT2D eigenvalue weighted by molar-refractivity contribution is 6.14. The summed E-state index contributed by atoms with van der Waals surface area (Å²) in [6, 6.07) is 41.9. The smallest absolute Gasteiger partial charge is 0.308 e. The number of fused-ring (bicyclic) bond motifs is 6. The second kappa shape index (κ2) is 21.0. The first-order valence-corrected chi connectivity index (χ1v) is 27.0. The van der Waals surface area contributed by atoms with E-state index in [2.05, 4.69) is 10.9 Å². The van der Waals surface area contributed by atoms with Gasteiger partial charge in [0.25, 0.3) is 0 Å². The molecule has 2 heterocycles. The second-order valence-corrected chi connectivity index (χ2v) is 21.6. The SMILES string of the molecule is [C-]#[N+]c1cccc(-c2ccc(-n3c4ccc(-c5ccc(C)cc5C)cc4c4cc(-c5ccc(C(F)(F)F)cc5C(F)(F)F)ccc43)c(C#N)c2-n2c3ccc(-c4ccc(C(F)(F)F)cc4C)cc3c3cc(-c4ccc(C(F)(F)F)cc4C(F)(F)F)ccc32)c1. The monoisotopic (exact) mass is 1220 g/mol. The Kier molecular flexibility index (Phi) is 13.9. The van der Waals surface area contributed by atoms with Crippen LogP contribution in [0.1, 0.15) is 50.1 Å². The maximum absolute atomic E-state index is 14.9. The van der Waals surface area contributed by atoms with Crippen LogP contribution in [0.25, 0.3) is 115 Å². The summed E-state index contributed by atoms with van der Waals surface area (Å²) in [5.41, 5.74) is -2.15. The number of alkyl halides is 15. The molecule has 0 fully saturated rings. The fourth-order valence-electron chi connectivity index (χ4n) is 12.0. The third-order valence-corrected chi connectivity index (χ3v) is 16.0. The minimum absolute atomic E-state index is 0.0108. The van der Waals surface area contributed by atoms with Gasteiger partial charge in [-0.1, -0.05) is 90.5 Å². The number of aromatic nitrogens is 2. The summed E-state index contributed by atoms with van der Waals surface area (Å²) in [4.78, 5) is 3.62. The van der Waals surface area contributed by atoms with Crippen molar-refractivity contribution in [3.8, 4) is 73.1 Å². The molecule has 19 heteroatoms. The molecule has 0 spiro atoms. The molecule has 2 aromatic heterocycles. The molecule has 444 valence electrons. The third-order valence-electron chi connectivity index (χ3n) is 16.0. The van der Waals surface area contributed by atoms with Crippen molar-refractivity contribution in [1.82, 2.24) is 9.13 Å². The molecule has 0 bridgehead atoms. The van der Waals surface area contributed by atoms with Crippen molar-refractivity contribution >= 4 is 49.3 Å². The van der Waals surface area contributed by atoms with Crippen molar-refractivity contribution in [3.05, 3.63) is 243 Å². The Morgan fingerprint density at radius 1 is 0.371 bits per heavy atom. The number of halogens is 15. The minimum atomic E-state index is -5.30. The Hall–Kier alpha value is -10.3. The van der Waals surface area contributed by atoms with Crippen LogP contribution in [0, 0.1) is 38.7 Å². The summed E-state index contributed by atoms with van der Waals surface area (Å²) in [6.45, 7) is 13.2. The van der Waals surface area contributed by atoms with Gasteiger partial charge in [-0.05, 0) is 179 Å². The maximum atomic E-state index is 14.9. The van der Waals surface area contributed by atoms with E-state index in [4.69, 9.17) is 6.57 Å². The Morgan fingerprint density at radius 2 is 0.753 bits per heavy atom. The Morgan fingerprint density at radius 3 is 1.16 bits per heavy atom. The van der Waals surface area contributed by atoms with Crippen LogP contribution in [0.2, 0.25) is 0 Å². The first-order chi connectivity index (χ1) is 41.9. The van der Waals surface area contributed by atoms with Crippen molar-refractivity contribution in [2.75, 3.05) is 0 Å². The quantitative estimate of drug-likeness (QED) is 0.116. The van der Waals surface area contributed by atoms with Crippen LogP contribution >= 0.6 is 0 Å². The molecule has 0 saturated carbocycles. The fourth-order valence-corrected chi connectivity index (χ4v) is 12.0. The predicted octanol–water partition coefficient (Wildman–Crippen LogP) is 22.7. The van der Waals surface area contributed by atoms with E-state index in [1.54, 1.807) is 69.8 Å². The van der Waals surface area contributed by atoms with Crippen LogP contribution in [-0.2, 0) is 30.9 Å². The molecule has 12 rings (SSSR count). The summed E-state index contributed by atoms with van der Waals surface area (Å²) >= 11 is 0. The van der Waals surface area contributed by atoms with Gasteiger partial charge in [-0.15, -0.1) is 0 Å².